The SMILES string of the molecule is CC(C)n1ncc2cc(CNCc3ccccc3CO)c(Cl)nc21. The third-order valence-electron chi connectivity index (χ3n) is 4.00. The van der Waals surface area contributed by atoms with Crippen LogP contribution in [0.3, 0.4) is 0 Å². The van der Waals surface area contributed by atoms with E-state index in [1.807, 2.05) is 41.2 Å². The van der Waals surface area contributed by atoms with E-state index >= 15 is 0 Å². The van der Waals surface area contributed by atoms with Gasteiger partial charge in [-0.3, -0.25) is 0 Å². The standard InChI is InChI=1S/C18H21ClN4O/c1-12(2)23-18-16(10-21-23)7-15(17(19)22-18)9-20-8-13-5-3-4-6-14(13)11-24/h3-7,10,12,20,24H,8-9,11H2,1-2H3. The molecular weight excluding hydrogens is 324 g/mol. The van der Waals surface area contributed by atoms with Crippen LogP contribution >= 0.6 is 11.6 Å². The van der Waals surface area contributed by atoms with Gasteiger partial charge in [0.2, 0.25) is 0 Å². The maximum absolute atomic E-state index is 9.38. The quantitative estimate of drug-likeness (QED) is 0.672. The van der Waals surface area contributed by atoms with Gasteiger partial charge >= 0.3 is 0 Å². The monoisotopic (exact) mass is 344 g/mol. The zero-order valence-electron chi connectivity index (χ0n) is 13.8. The van der Waals surface area contributed by atoms with Gasteiger partial charge in [0.25, 0.3) is 0 Å². The fraction of sp³-hybridized carbons (Fsp3) is 0.333. The number of aromatic nitrogens is 3. The van der Waals surface area contributed by atoms with Crippen molar-refractivity contribution >= 4 is 22.6 Å². The number of nitrogens with one attached hydrogen (secondary N) is 1. The maximum Gasteiger partial charge on any atom is 0.159 e. The molecule has 2 aromatic heterocycles. The van der Waals surface area contributed by atoms with Gasteiger partial charge < -0.3 is 10.4 Å². The lowest BCUT2D eigenvalue weighted by Crippen LogP contribution is -2.14. The lowest BCUT2D eigenvalue weighted by Gasteiger charge is -2.11. The Labute approximate surface area is 146 Å². The first-order chi connectivity index (χ1) is 11.6. The van der Waals surface area contributed by atoms with Gasteiger partial charge in [-0.05, 0) is 31.0 Å². The predicted molar refractivity (Wildman–Crippen MR) is 95.8 cm³/mol. The number of aliphatic hydroxyl groups is 1. The molecule has 0 radical (unpaired) electrons. The summed E-state index contributed by atoms with van der Waals surface area (Å²) in [5, 5.41) is 18.6. The number of aliphatic hydroxyl groups excluding tert-OH is 1. The highest BCUT2D eigenvalue weighted by Gasteiger charge is 2.11. The van der Waals surface area contributed by atoms with Gasteiger partial charge in [-0.15, -0.1) is 0 Å². The van der Waals surface area contributed by atoms with Crippen molar-refractivity contribution in [3.8, 4) is 0 Å². The summed E-state index contributed by atoms with van der Waals surface area (Å²) in [5.74, 6) is 0. The molecule has 0 aliphatic carbocycles. The number of benzene rings is 1. The van der Waals surface area contributed by atoms with Crippen molar-refractivity contribution in [2.24, 2.45) is 0 Å². The summed E-state index contributed by atoms with van der Waals surface area (Å²) in [6, 6.07) is 10.1. The zero-order chi connectivity index (χ0) is 17.1. The van der Waals surface area contributed by atoms with Crippen molar-refractivity contribution in [2.75, 3.05) is 0 Å². The predicted octanol–water partition coefficient (Wildman–Crippen LogP) is 3.45. The summed E-state index contributed by atoms with van der Waals surface area (Å²) >= 11 is 6.34. The van der Waals surface area contributed by atoms with Crippen LogP contribution in [0.2, 0.25) is 5.15 Å². The number of rotatable bonds is 6. The van der Waals surface area contributed by atoms with Crippen LogP contribution in [0.25, 0.3) is 11.0 Å². The van der Waals surface area contributed by atoms with Crippen LogP contribution in [0.5, 0.6) is 0 Å². The molecule has 0 spiro atoms. The number of hydrogen-bond acceptors (Lipinski definition) is 4. The molecule has 0 unspecified atom stereocenters. The van der Waals surface area contributed by atoms with E-state index < -0.39 is 0 Å². The van der Waals surface area contributed by atoms with Gasteiger partial charge in [0.1, 0.15) is 5.15 Å². The Morgan fingerprint density at radius 2 is 1.88 bits per heavy atom. The van der Waals surface area contributed by atoms with E-state index in [2.05, 4.69) is 29.2 Å². The molecule has 1 aromatic carbocycles. The van der Waals surface area contributed by atoms with Crippen molar-refractivity contribution in [2.45, 2.75) is 39.6 Å². The van der Waals surface area contributed by atoms with Gasteiger partial charge in [-0.2, -0.15) is 5.10 Å². The zero-order valence-corrected chi connectivity index (χ0v) is 14.6. The Balaban J connectivity index is 1.75. The Bertz CT molecular complexity index is 844. The summed E-state index contributed by atoms with van der Waals surface area (Å²) in [4.78, 5) is 4.50. The number of pyridine rings is 1. The summed E-state index contributed by atoms with van der Waals surface area (Å²) in [6.45, 7) is 5.44. The fourth-order valence-electron chi connectivity index (χ4n) is 2.72. The summed E-state index contributed by atoms with van der Waals surface area (Å²) in [5.41, 5.74) is 3.76. The van der Waals surface area contributed by atoms with E-state index in [1.54, 1.807) is 0 Å². The van der Waals surface area contributed by atoms with Crippen molar-refractivity contribution in [1.29, 1.82) is 0 Å². The van der Waals surface area contributed by atoms with Crippen molar-refractivity contribution in [1.82, 2.24) is 20.1 Å². The average molecular weight is 345 g/mol. The van der Waals surface area contributed by atoms with E-state index in [9.17, 15) is 5.11 Å². The largest absolute Gasteiger partial charge is 0.392 e. The molecule has 3 rings (SSSR count). The minimum atomic E-state index is 0.0422. The number of nitrogens with zero attached hydrogens (tertiary/aromatic N) is 3. The minimum absolute atomic E-state index is 0.0422. The van der Waals surface area contributed by atoms with E-state index in [0.717, 1.165) is 27.7 Å². The second-order valence-electron chi connectivity index (χ2n) is 6.06. The molecule has 24 heavy (non-hydrogen) atoms. The van der Waals surface area contributed by atoms with Gasteiger partial charge in [-0.25, -0.2) is 9.67 Å². The van der Waals surface area contributed by atoms with E-state index in [-0.39, 0.29) is 12.6 Å². The summed E-state index contributed by atoms with van der Waals surface area (Å²) in [7, 11) is 0. The lowest BCUT2D eigenvalue weighted by molar-refractivity contribution is 0.280. The van der Waals surface area contributed by atoms with Gasteiger partial charge in [-0.1, -0.05) is 35.9 Å². The first kappa shape index (κ1) is 16.9. The second kappa shape index (κ2) is 7.30. The topological polar surface area (TPSA) is 63.0 Å². The van der Waals surface area contributed by atoms with Crippen LogP contribution in [-0.4, -0.2) is 19.9 Å². The second-order valence-corrected chi connectivity index (χ2v) is 6.42. The molecule has 0 amide bonds. The molecule has 2 heterocycles. The molecule has 0 fully saturated rings. The van der Waals surface area contributed by atoms with Crippen LogP contribution in [0.1, 0.15) is 36.6 Å². The molecule has 0 saturated heterocycles. The highest BCUT2D eigenvalue weighted by atomic mass is 35.5. The number of fused-ring (bicyclic) bond motifs is 1. The van der Waals surface area contributed by atoms with E-state index in [0.29, 0.717) is 18.2 Å². The maximum atomic E-state index is 9.38. The van der Waals surface area contributed by atoms with Gasteiger partial charge in [0.15, 0.2) is 5.65 Å². The Morgan fingerprint density at radius 3 is 2.58 bits per heavy atom. The third kappa shape index (κ3) is 3.43. The third-order valence-corrected chi connectivity index (χ3v) is 4.33. The Hall–Kier alpha value is -1.95. The van der Waals surface area contributed by atoms with Crippen LogP contribution in [0.4, 0.5) is 0 Å². The molecule has 0 atom stereocenters. The molecule has 0 saturated carbocycles. The molecule has 126 valence electrons. The van der Waals surface area contributed by atoms with Crippen LogP contribution in [0.15, 0.2) is 36.5 Å². The molecule has 3 aromatic rings. The molecule has 2 N–H and O–H groups in total. The molecule has 0 aliphatic rings. The number of halogens is 1. The Kier molecular flexibility index (Phi) is 5.14. The average Bonchev–Trinajstić information content (AvgIpc) is 2.98. The van der Waals surface area contributed by atoms with Crippen LogP contribution < -0.4 is 5.32 Å². The smallest absolute Gasteiger partial charge is 0.159 e. The highest BCUT2D eigenvalue weighted by molar-refractivity contribution is 6.30. The first-order valence-corrected chi connectivity index (χ1v) is 8.39. The Morgan fingerprint density at radius 1 is 1.17 bits per heavy atom. The minimum Gasteiger partial charge on any atom is -0.392 e. The van der Waals surface area contributed by atoms with Crippen LogP contribution in [-0.2, 0) is 19.7 Å². The highest BCUT2D eigenvalue weighted by Crippen LogP contribution is 2.22. The molecule has 5 nitrogen and oxygen atoms in total. The normalized spacial score (nSPS) is 11.5. The fourth-order valence-corrected chi connectivity index (χ4v) is 2.92. The summed E-state index contributed by atoms with van der Waals surface area (Å²) in [6.07, 6.45) is 1.82. The van der Waals surface area contributed by atoms with Crippen molar-refractivity contribution < 1.29 is 5.11 Å². The van der Waals surface area contributed by atoms with Crippen LogP contribution in [0, 0.1) is 0 Å². The molecular formula is C18H21ClN4O. The number of hydrogen-bond donors (Lipinski definition) is 2. The first-order valence-electron chi connectivity index (χ1n) is 8.01. The molecule has 0 bridgehead atoms. The van der Waals surface area contributed by atoms with Gasteiger partial charge in [0.05, 0.1) is 12.8 Å². The van der Waals surface area contributed by atoms with E-state index in [1.165, 1.54) is 0 Å². The van der Waals surface area contributed by atoms with Crippen molar-refractivity contribution in [3.05, 3.63) is 58.4 Å². The summed E-state index contributed by atoms with van der Waals surface area (Å²) < 4.78 is 1.87. The molecule has 6 heteroatoms. The van der Waals surface area contributed by atoms with E-state index in [4.69, 9.17) is 11.6 Å². The lowest BCUT2D eigenvalue weighted by atomic mass is 10.1. The van der Waals surface area contributed by atoms with Gasteiger partial charge in [0, 0.05) is 30.1 Å². The molecule has 0 aliphatic heterocycles. The van der Waals surface area contributed by atoms with Crippen molar-refractivity contribution in [3.63, 3.8) is 0 Å².